The first-order chi connectivity index (χ1) is 14.0. The van der Waals surface area contributed by atoms with Crippen molar-refractivity contribution in [3.8, 4) is 11.5 Å². The normalized spacial score (nSPS) is 24.1. The smallest absolute Gasteiger partial charge is 0.252 e. The first kappa shape index (κ1) is 20.0. The second kappa shape index (κ2) is 8.23. The van der Waals surface area contributed by atoms with Crippen molar-refractivity contribution in [3.05, 3.63) is 69.7 Å². The molecule has 4 rings (SSSR count). The van der Waals surface area contributed by atoms with E-state index in [4.69, 9.17) is 9.47 Å². The summed E-state index contributed by atoms with van der Waals surface area (Å²) in [5.41, 5.74) is 3.22. The van der Waals surface area contributed by atoms with Gasteiger partial charge in [0.1, 0.15) is 0 Å². The van der Waals surface area contributed by atoms with Crippen LogP contribution in [0, 0.1) is 11.8 Å². The summed E-state index contributed by atoms with van der Waals surface area (Å²) < 4.78 is 12.2. The second-order valence-corrected chi connectivity index (χ2v) is 8.84. The Morgan fingerprint density at radius 3 is 2.48 bits per heavy atom. The Labute approximate surface area is 180 Å². The minimum absolute atomic E-state index is 0.0992. The first-order valence-electron chi connectivity index (χ1n) is 10.1. The van der Waals surface area contributed by atoms with E-state index in [1.165, 1.54) is 11.1 Å². The minimum atomic E-state index is -0.280. The second-order valence-electron chi connectivity index (χ2n) is 7.98. The van der Waals surface area contributed by atoms with Gasteiger partial charge in [-0.2, -0.15) is 0 Å². The van der Waals surface area contributed by atoms with E-state index in [1.54, 1.807) is 6.07 Å². The number of amides is 1. The van der Waals surface area contributed by atoms with Crippen molar-refractivity contribution in [2.24, 2.45) is 11.8 Å². The van der Waals surface area contributed by atoms with Crippen LogP contribution in [-0.4, -0.2) is 18.7 Å². The van der Waals surface area contributed by atoms with Gasteiger partial charge in [0.15, 0.2) is 11.5 Å². The largest absolute Gasteiger partial charge is 0.451 e. The molecule has 1 heterocycles. The number of rotatable bonds is 6. The van der Waals surface area contributed by atoms with Crippen LogP contribution in [0.3, 0.4) is 0 Å². The predicted octanol–water partition coefficient (Wildman–Crippen LogP) is 5.68. The summed E-state index contributed by atoms with van der Waals surface area (Å²) in [7, 11) is 0. The van der Waals surface area contributed by atoms with Crippen LogP contribution in [0.1, 0.15) is 49.0 Å². The SMILES string of the molecule is CCC1Oc2cc(Br)c(C(=O)NCC3C(C=C(C)C)C3c3ccccc3)cc2O1. The Balaban J connectivity index is 1.45. The van der Waals surface area contributed by atoms with E-state index in [9.17, 15) is 4.79 Å². The summed E-state index contributed by atoms with van der Waals surface area (Å²) >= 11 is 3.50. The third-order valence-corrected chi connectivity index (χ3v) is 6.22. The monoisotopic (exact) mass is 455 g/mol. The zero-order valence-corrected chi connectivity index (χ0v) is 18.5. The van der Waals surface area contributed by atoms with Crippen molar-refractivity contribution < 1.29 is 14.3 Å². The van der Waals surface area contributed by atoms with Gasteiger partial charge in [0, 0.05) is 17.4 Å². The molecule has 0 saturated heterocycles. The Morgan fingerprint density at radius 2 is 1.83 bits per heavy atom. The number of carbonyl (C=O) groups excluding carboxylic acids is 1. The van der Waals surface area contributed by atoms with Crippen molar-refractivity contribution in [1.29, 1.82) is 0 Å². The molecule has 2 aromatic rings. The van der Waals surface area contributed by atoms with E-state index in [-0.39, 0.29) is 12.2 Å². The fourth-order valence-electron chi connectivity index (χ4n) is 4.09. The molecule has 152 valence electrons. The Kier molecular flexibility index (Phi) is 5.68. The van der Waals surface area contributed by atoms with E-state index < -0.39 is 0 Å². The molecule has 1 fully saturated rings. The molecule has 4 atom stereocenters. The Morgan fingerprint density at radius 1 is 1.14 bits per heavy atom. The fourth-order valence-corrected chi connectivity index (χ4v) is 4.60. The lowest BCUT2D eigenvalue weighted by molar-refractivity contribution is 0.0464. The Bertz CT molecular complexity index is 937. The summed E-state index contributed by atoms with van der Waals surface area (Å²) in [4.78, 5) is 12.9. The van der Waals surface area contributed by atoms with Gasteiger partial charge >= 0.3 is 0 Å². The van der Waals surface area contributed by atoms with Crippen LogP contribution in [0.25, 0.3) is 0 Å². The highest BCUT2D eigenvalue weighted by atomic mass is 79.9. The van der Waals surface area contributed by atoms with Gasteiger partial charge in [-0.05, 0) is 65.2 Å². The maximum atomic E-state index is 12.9. The van der Waals surface area contributed by atoms with Crippen LogP contribution in [0.2, 0.25) is 0 Å². The van der Waals surface area contributed by atoms with Crippen molar-refractivity contribution in [2.75, 3.05) is 6.54 Å². The van der Waals surface area contributed by atoms with Gasteiger partial charge in [0.05, 0.1) is 5.56 Å². The zero-order valence-electron chi connectivity index (χ0n) is 16.9. The summed E-state index contributed by atoms with van der Waals surface area (Å²) in [5.74, 6) is 2.54. The van der Waals surface area contributed by atoms with Gasteiger partial charge in [-0.1, -0.05) is 48.9 Å². The first-order valence-corrected chi connectivity index (χ1v) is 10.9. The summed E-state index contributed by atoms with van der Waals surface area (Å²) in [5, 5.41) is 3.13. The molecular formula is C24H26BrNO3. The van der Waals surface area contributed by atoms with Crippen molar-refractivity contribution in [3.63, 3.8) is 0 Å². The standard InChI is InChI=1S/C24H26BrNO3/c1-4-22-28-20-11-17(19(25)12-21(20)29-22)24(27)26-13-18-16(10-14(2)3)23(18)15-8-6-5-7-9-15/h5-12,16,18,22-23H,4,13H2,1-3H3,(H,26,27). The molecule has 1 aliphatic carbocycles. The van der Waals surface area contributed by atoms with E-state index in [2.05, 4.69) is 65.4 Å². The number of hydrogen-bond donors (Lipinski definition) is 1. The molecule has 1 aliphatic heterocycles. The predicted molar refractivity (Wildman–Crippen MR) is 117 cm³/mol. The number of fused-ring (bicyclic) bond motifs is 1. The van der Waals surface area contributed by atoms with Crippen molar-refractivity contribution >= 4 is 21.8 Å². The lowest BCUT2D eigenvalue weighted by Crippen LogP contribution is -2.26. The van der Waals surface area contributed by atoms with Crippen LogP contribution < -0.4 is 14.8 Å². The number of benzene rings is 2. The van der Waals surface area contributed by atoms with Gasteiger partial charge in [0.2, 0.25) is 6.29 Å². The molecule has 5 heteroatoms. The molecule has 4 nitrogen and oxygen atoms in total. The molecule has 29 heavy (non-hydrogen) atoms. The maximum Gasteiger partial charge on any atom is 0.252 e. The lowest BCUT2D eigenvalue weighted by atomic mass is 10.1. The Hall–Kier alpha value is -2.27. The highest BCUT2D eigenvalue weighted by Gasteiger charge is 2.49. The summed E-state index contributed by atoms with van der Waals surface area (Å²) in [6, 6.07) is 14.1. The molecule has 1 N–H and O–H groups in total. The van der Waals surface area contributed by atoms with Gasteiger partial charge in [0.25, 0.3) is 5.91 Å². The highest BCUT2D eigenvalue weighted by molar-refractivity contribution is 9.10. The summed E-state index contributed by atoms with van der Waals surface area (Å²) in [6.45, 7) is 6.90. The number of nitrogens with one attached hydrogen (secondary N) is 1. The van der Waals surface area contributed by atoms with E-state index >= 15 is 0 Å². The van der Waals surface area contributed by atoms with Crippen molar-refractivity contribution in [2.45, 2.75) is 39.4 Å². The minimum Gasteiger partial charge on any atom is -0.451 e. The third-order valence-electron chi connectivity index (χ3n) is 5.57. The average molecular weight is 456 g/mol. The third kappa shape index (κ3) is 4.20. The number of ether oxygens (including phenoxy) is 2. The fraction of sp³-hybridized carbons (Fsp3) is 0.375. The number of allylic oxidation sites excluding steroid dienone is 2. The quantitative estimate of drug-likeness (QED) is 0.569. The van der Waals surface area contributed by atoms with Crippen LogP contribution in [-0.2, 0) is 0 Å². The van der Waals surface area contributed by atoms with Crippen LogP contribution in [0.4, 0.5) is 0 Å². The highest BCUT2D eigenvalue weighted by Crippen LogP contribution is 2.54. The van der Waals surface area contributed by atoms with E-state index in [0.29, 0.717) is 45.8 Å². The topological polar surface area (TPSA) is 47.6 Å². The molecule has 1 saturated carbocycles. The van der Waals surface area contributed by atoms with Crippen LogP contribution in [0.5, 0.6) is 11.5 Å². The molecule has 2 aromatic carbocycles. The molecular weight excluding hydrogens is 430 g/mol. The lowest BCUT2D eigenvalue weighted by Gasteiger charge is -2.08. The number of halogens is 1. The molecule has 1 amide bonds. The van der Waals surface area contributed by atoms with Crippen LogP contribution >= 0.6 is 15.9 Å². The number of hydrogen-bond acceptors (Lipinski definition) is 3. The van der Waals surface area contributed by atoms with E-state index in [0.717, 1.165) is 6.42 Å². The zero-order chi connectivity index (χ0) is 20.5. The van der Waals surface area contributed by atoms with Crippen molar-refractivity contribution in [1.82, 2.24) is 5.32 Å². The maximum absolute atomic E-state index is 12.9. The van der Waals surface area contributed by atoms with Gasteiger partial charge in [-0.3, -0.25) is 4.79 Å². The number of carbonyl (C=O) groups is 1. The molecule has 4 unspecified atom stereocenters. The van der Waals surface area contributed by atoms with Gasteiger partial charge in [-0.15, -0.1) is 0 Å². The summed E-state index contributed by atoms with van der Waals surface area (Å²) in [6.07, 6.45) is 2.80. The molecule has 0 bridgehead atoms. The molecule has 0 spiro atoms. The average Bonchev–Trinajstić information content (AvgIpc) is 3.21. The van der Waals surface area contributed by atoms with Crippen LogP contribution in [0.15, 0.2) is 58.6 Å². The van der Waals surface area contributed by atoms with Gasteiger partial charge in [-0.25, -0.2) is 0 Å². The molecule has 0 aromatic heterocycles. The molecule has 2 aliphatic rings. The van der Waals surface area contributed by atoms with E-state index in [1.807, 2.05) is 19.1 Å². The van der Waals surface area contributed by atoms with Gasteiger partial charge < -0.3 is 14.8 Å². The molecule has 0 radical (unpaired) electrons.